The van der Waals surface area contributed by atoms with Crippen LogP contribution in [0.2, 0.25) is 0 Å². The number of anilines is 1. The molecular weight excluding hydrogens is 270 g/mol. The Morgan fingerprint density at radius 1 is 1.47 bits per heavy atom. The number of nitrogens with two attached hydrogens (primary N) is 1. The second-order valence-electron chi connectivity index (χ2n) is 4.20. The van der Waals surface area contributed by atoms with Crippen molar-refractivity contribution in [2.45, 2.75) is 19.6 Å². The number of imide groups is 1. The lowest BCUT2D eigenvalue weighted by atomic mass is 10.2. The number of amides is 2. The van der Waals surface area contributed by atoms with Crippen molar-refractivity contribution < 1.29 is 19.3 Å². The van der Waals surface area contributed by atoms with Gasteiger partial charge in [-0.15, -0.1) is 11.3 Å². The molecule has 0 aromatic carbocycles. The third kappa shape index (κ3) is 1.84. The van der Waals surface area contributed by atoms with Crippen molar-refractivity contribution in [1.82, 2.24) is 10.1 Å². The molecule has 7 nitrogen and oxygen atoms in total. The standard InChI is InChI=1S/C11H13N3O4S/c1-2-13-17-4-3-7(18-13)14-10(15)6-5-19-9(12)8(6)11(14)16/h5,7H,2-4,12H2,1H3. The van der Waals surface area contributed by atoms with E-state index in [9.17, 15) is 9.59 Å². The molecule has 3 heterocycles. The maximum Gasteiger partial charge on any atom is 0.266 e. The Morgan fingerprint density at radius 3 is 2.95 bits per heavy atom. The minimum absolute atomic E-state index is 0.299. The van der Waals surface area contributed by atoms with Crippen LogP contribution in [-0.2, 0) is 9.68 Å². The number of rotatable bonds is 2. The summed E-state index contributed by atoms with van der Waals surface area (Å²) in [6.07, 6.45) is -0.188. The van der Waals surface area contributed by atoms with Gasteiger partial charge >= 0.3 is 0 Å². The smallest absolute Gasteiger partial charge is 0.266 e. The number of nitrogen functional groups attached to an aromatic ring is 1. The number of carbonyl (C=O) groups is 2. The van der Waals surface area contributed by atoms with E-state index in [4.69, 9.17) is 15.4 Å². The summed E-state index contributed by atoms with van der Waals surface area (Å²) >= 11 is 1.20. The predicted octanol–water partition coefficient (Wildman–Crippen LogP) is 0.841. The van der Waals surface area contributed by atoms with E-state index in [1.165, 1.54) is 16.6 Å². The van der Waals surface area contributed by atoms with Gasteiger partial charge in [-0.05, 0) is 6.92 Å². The van der Waals surface area contributed by atoms with Crippen LogP contribution >= 0.6 is 11.3 Å². The van der Waals surface area contributed by atoms with Crippen molar-refractivity contribution in [2.24, 2.45) is 0 Å². The summed E-state index contributed by atoms with van der Waals surface area (Å²) in [5.41, 5.74) is 6.40. The number of hydrogen-bond acceptors (Lipinski definition) is 7. The number of hydrogen-bond donors (Lipinski definition) is 1. The van der Waals surface area contributed by atoms with E-state index in [1.807, 2.05) is 6.92 Å². The lowest BCUT2D eigenvalue weighted by Gasteiger charge is -2.34. The predicted molar refractivity (Wildman–Crippen MR) is 67.1 cm³/mol. The SMILES string of the molecule is CCN1OCCC(N2C(=O)c3csc(N)c3C2=O)O1. The van der Waals surface area contributed by atoms with Gasteiger partial charge in [0.25, 0.3) is 11.8 Å². The van der Waals surface area contributed by atoms with Crippen LogP contribution < -0.4 is 5.73 Å². The molecular formula is C11H13N3O4S. The fourth-order valence-electron chi connectivity index (χ4n) is 2.17. The molecule has 8 heteroatoms. The van der Waals surface area contributed by atoms with Gasteiger partial charge in [0.2, 0.25) is 0 Å². The van der Waals surface area contributed by atoms with Crippen molar-refractivity contribution in [3.05, 3.63) is 16.5 Å². The van der Waals surface area contributed by atoms with Gasteiger partial charge in [0.05, 0.1) is 22.7 Å². The quantitative estimate of drug-likeness (QED) is 0.810. The van der Waals surface area contributed by atoms with Gasteiger partial charge in [-0.2, -0.15) is 0 Å². The molecule has 0 bridgehead atoms. The zero-order valence-corrected chi connectivity index (χ0v) is 11.1. The van der Waals surface area contributed by atoms with Gasteiger partial charge in [-0.3, -0.25) is 14.4 Å². The first-order valence-corrected chi connectivity index (χ1v) is 6.83. The average Bonchev–Trinajstić information content (AvgIpc) is 2.91. The fourth-order valence-corrected chi connectivity index (χ4v) is 2.95. The Hall–Kier alpha value is -1.48. The number of carbonyl (C=O) groups excluding carboxylic acids is 2. The molecule has 19 heavy (non-hydrogen) atoms. The van der Waals surface area contributed by atoms with Crippen LogP contribution in [0.5, 0.6) is 0 Å². The molecule has 2 aliphatic heterocycles. The number of hydroxylamine groups is 2. The zero-order chi connectivity index (χ0) is 13.6. The summed E-state index contributed by atoms with van der Waals surface area (Å²) in [5, 5.41) is 3.26. The fraction of sp³-hybridized carbons (Fsp3) is 0.455. The minimum atomic E-state index is -0.634. The van der Waals surface area contributed by atoms with E-state index in [0.717, 1.165) is 4.90 Å². The van der Waals surface area contributed by atoms with Crippen molar-refractivity contribution in [3.63, 3.8) is 0 Å². The molecule has 1 unspecified atom stereocenters. The maximum absolute atomic E-state index is 12.3. The van der Waals surface area contributed by atoms with E-state index in [2.05, 4.69) is 0 Å². The van der Waals surface area contributed by atoms with Crippen LogP contribution in [-0.4, -0.2) is 41.3 Å². The van der Waals surface area contributed by atoms with Gasteiger partial charge in [-0.1, -0.05) is 5.23 Å². The first-order valence-electron chi connectivity index (χ1n) is 5.95. The third-order valence-electron chi connectivity index (χ3n) is 3.09. The highest BCUT2D eigenvalue weighted by Crippen LogP contribution is 2.35. The normalized spacial score (nSPS) is 24.1. The molecule has 102 valence electrons. The van der Waals surface area contributed by atoms with E-state index in [1.54, 1.807) is 5.38 Å². The van der Waals surface area contributed by atoms with Crippen LogP contribution in [0.3, 0.4) is 0 Å². The van der Waals surface area contributed by atoms with Gasteiger partial charge in [0.15, 0.2) is 6.23 Å². The molecule has 0 saturated carbocycles. The van der Waals surface area contributed by atoms with E-state index in [0.29, 0.717) is 35.7 Å². The molecule has 2 N–H and O–H groups in total. The summed E-state index contributed by atoms with van der Waals surface area (Å²) in [4.78, 5) is 36.3. The summed E-state index contributed by atoms with van der Waals surface area (Å²) < 4.78 is 0. The van der Waals surface area contributed by atoms with E-state index < -0.39 is 6.23 Å². The van der Waals surface area contributed by atoms with E-state index in [-0.39, 0.29) is 11.8 Å². The number of thiophene rings is 1. The Balaban J connectivity index is 1.87. The highest BCUT2D eigenvalue weighted by molar-refractivity contribution is 7.14. The van der Waals surface area contributed by atoms with Crippen molar-refractivity contribution in [1.29, 1.82) is 0 Å². The molecule has 1 aromatic rings. The Kier molecular flexibility index (Phi) is 3.02. The summed E-state index contributed by atoms with van der Waals surface area (Å²) in [6, 6.07) is 0. The van der Waals surface area contributed by atoms with Crippen molar-refractivity contribution >= 4 is 28.2 Å². The van der Waals surface area contributed by atoms with Crippen LogP contribution in [0, 0.1) is 0 Å². The molecule has 1 saturated heterocycles. The van der Waals surface area contributed by atoms with Crippen LogP contribution in [0.15, 0.2) is 5.38 Å². The molecule has 1 aromatic heterocycles. The van der Waals surface area contributed by atoms with Crippen LogP contribution in [0.4, 0.5) is 5.00 Å². The largest absolute Gasteiger partial charge is 0.390 e. The Labute approximate surface area is 113 Å². The van der Waals surface area contributed by atoms with Crippen molar-refractivity contribution in [3.8, 4) is 0 Å². The molecule has 2 amide bonds. The summed E-state index contributed by atoms with van der Waals surface area (Å²) in [7, 11) is 0. The van der Waals surface area contributed by atoms with Crippen LogP contribution in [0.25, 0.3) is 0 Å². The minimum Gasteiger partial charge on any atom is -0.390 e. The highest BCUT2D eigenvalue weighted by Gasteiger charge is 2.44. The zero-order valence-electron chi connectivity index (χ0n) is 10.3. The molecule has 0 spiro atoms. The summed E-state index contributed by atoms with van der Waals surface area (Å²) in [6.45, 7) is 2.76. The van der Waals surface area contributed by atoms with Gasteiger partial charge in [-0.25, -0.2) is 9.74 Å². The lowest BCUT2D eigenvalue weighted by molar-refractivity contribution is -0.422. The Bertz CT molecular complexity index is 544. The average molecular weight is 283 g/mol. The second kappa shape index (κ2) is 4.57. The first-order chi connectivity index (χ1) is 9.13. The molecule has 0 aliphatic carbocycles. The number of nitrogens with zero attached hydrogens (tertiary/aromatic N) is 2. The maximum atomic E-state index is 12.3. The summed E-state index contributed by atoms with van der Waals surface area (Å²) in [5.74, 6) is -0.738. The van der Waals surface area contributed by atoms with Gasteiger partial charge < -0.3 is 5.73 Å². The number of fused-ring (bicyclic) bond motifs is 1. The topological polar surface area (TPSA) is 85.1 Å². The molecule has 1 fully saturated rings. The van der Waals surface area contributed by atoms with Gasteiger partial charge in [0, 0.05) is 18.3 Å². The molecule has 3 rings (SSSR count). The highest BCUT2D eigenvalue weighted by atomic mass is 32.1. The second-order valence-corrected chi connectivity index (χ2v) is 5.11. The van der Waals surface area contributed by atoms with Crippen LogP contribution in [0.1, 0.15) is 34.1 Å². The molecule has 2 aliphatic rings. The van der Waals surface area contributed by atoms with E-state index >= 15 is 0 Å². The first kappa shape index (κ1) is 12.5. The molecule has 0 radical (unpaired) electrons. The third-order valence-corrected chi connectivity index (χ3v) is 3.90. The Morgan fingerprint density at radius 2 is 2.26 bits per heavy atom. The lowest BCUT2D eigenvalue weighted by Crippen LogP contribution is -2.49. The monoisotopic (exact) mass is 283 g/mol. The van der Waals surface area contributed by atoms with Gasteiger partial charge in [0.1, 0.15) is 0 Å². The van der Waals surface area contributed by atoms with Crippen molar-refractivity contribution in [2.75, 3.05) is 18.9 Å². The molecule has 1 atom stereocenters.